The molecule has 0 amide bonds. The van der Waals surface area contributed by atoms with Gasteiger partial charge in [0, 0.05) is 0 Å². The van der Waals surface area contributed by atoms with E-state index in [0.717, 1.165) is 18.8 Å². The van der Waals surface area contributed by atoms with Crippen molar-refractivity contribution in [1.82, 2.24) is 0 Å². The minimum atomic E-state index is -5.08. The number of rotatable bonds is 3. The molecule has 0 bridgehead atoms. The highest BCUT2D eigenvalue weighted by Gasteiger charge is 2.38. The standard InChI is InChI=1S/C9H13NO.C2HF3O2/c1-2-7-11-9-6-4-3-5-8(9)10;3-2(4,5)1(6)7/h3-6H,2,7,10H2,1H3;(H,6,7). The van der Waals surface area contributed by atoms with Crippen LogP contribution in [0.2, 0.25) is 0 Å². The molecule has 0 heterocycles. The Bertz CT molecular complexity index is 380. The highest BCUT2D eigenvalue weighted by atomic mass is 19.4. The van der Waals surface area contributed by atoms with Gasteiger partial charge in [0.2, 0.25) is 0 Å². The van der Waals surface area contributed by atoms with E-state index < -0.39 is 12.1 Å². The van der Waals surface area contributed by atoms with Crippen molar-refractivity contribution in [3.8, 4) is 5.75 Å². The normalized spacial score (nSPS) is 10.2. The molecule has 102 valence electrons. The average Bonchev–Trinajstić information content (AvgIpc) is 2.27. The average molecular weight is 265 g/mol. The number of para-hydroxylation sites is 2. The molecular weight excluding hydrogens is 251 g/mol. The van der Waals surface area contributed by atoms with E-state index in [2.05, 4.69) is 6.92 Å². The Morgan fingerprint density at radius 2 is 1.89 bits per heavy atom. The number of alkyl halides is 3. The summed E-state index contributed by atoms with van der Waals surface area (Å²) >= 11 is 0. The number of hydrogen-bond acceptors (Lipinski definition) is 3. The van der Waals surface area contributed by atoms with Gasteiger partial charge in [0.1, 0.15) is 5.75 Å². The van der Waals surface area contributed by atoms with Gasteiger partial charge in [0.15, 0.2) is 0 Å². The van der Waals surface area contributed by atoms with Crippen LogP contribution in [-0.4, -0.2) is 23.9 Å². The molecule has 0 aliphatic carbocycles. The minimum Gasteiger partial charge on any atom is -0.491 e. The van der Waals surface area contributed by atoms with Crippen molar-refractivity contribution in [3.63, 3.8) is 0 Å². The number of hydrogen-bond donors (Lipinski definition) is 2. The Kier molecular flexibility index (Phi) is 6.62. The second kappa shape index (κ2) is 7.41. The molecule has 0 unspecified atom stereocenters. The minimum absolute atomic E-state index is 0.709. The predicted molar refractivity (Wildman–Crippen MR) is 60.3 cm³/mol. The van der Waals surface area contributed by atoms with Gasteiger partial charge >= 0.3 is 12.1 Å². The van der Waals surface area contributed by atoms with Gasteiger partial charge in [-0.2, -0.15) is 13.2 Å². The quantitative estimate of drug-likeness (QED) is 0.824. The van der Waals surface area contributed by atoms with Gasteiger partial charge in [-0.05, 0) is 18.6 Å². The molecule has 3 N–H and O–H groups in total. The van der Waals surface area contributed by atoms with Crippen molar-refractivity contribution in [3.05, 3.63) is 24.3 Å². The lowest BCUT2D eigenvalue weighted by Crippen LogP contribution is -2.21. The molecular formula is C11H14F3NO3. The Morgan fingerprint density at radius 1 is 1.39 bits per heavy atom. The van der Waals surface area contributed by atoms with Crippen LogP contribution in [0.1, 0.15) is 13.3 Å². The summed E-state index contributed by atoms with van der Waals surface area (Å²) in [5.41, 5.74) is 6.35. The monoisotopic (exact) mass is 265 g/mol. The second-order valence-corrected chi connectivity index (χ2v) is 3.19. The van der Waals surface area contributed by atoms with Crippen molar-refractivity contribution >= 4 is 11.7 Å². The summed E-state index contributed by atoms with van der Waals surface area (Å²) in [7, 11) is 0. The maximum atomic E-state index is 10.6. The third kappa shape index (κ3) is 6.62. The van der Waals surface area contributed by atoms with Crippen molar-refractivity contribution in [2.24, 2.45) is 0 Å². The van der Waals surface area contributed by atoms with Gasteiger partial charge in [-0.1, -0.05) is 19.1 Å². The maximum absolute atomic E-state index is 10.6. The summed E-state index contributed by atoms with van der Waals surface area (Å²) in [6.07, 6.45) is -4.08. The fourth-order valence-electron chi connectivity index (χ4n) is 0.824. The molecule has 0 saturated carbocycles. The number of carbonyl (C=O) groups is 1. The smallest absolute Gasteiger partial charge is 0.490 e. The number of nitrogens with two attached hydrogens (primary N) is 1. The fourth-order valence-corrected chi connectivity index (χ4v) is 0.824. The van der Waals surface area contributed by atoms with Gasteiger partial charge < -0.3 is 15.6 Å². The van der Waals surface area contributed by atoms with E-state index in [0.29, 0.717) is 5.69 Å². The van der Waals surface area contributed by atoms with Crippen LogP contribution in [-0.2, 0) is 4.79 Å². The van der Waals surface area contributed by atoms with Gasteiger partial charge in [0.05, 0.1) is 12.3 Å². The molecule has 0 radical (unpaired) electrons. The van der Waals surface area contributed by atoms with Gasteiger partial charge in [-0.25, -0.2) is 4.79 Å². The van der Waals surface area contributed by atoms with Gasteiger partial charge in [0.25, 0.3) is 0 Å². The van der Waals surface area contributed by atoms with E-state index in [1.54, 1.807) is 0 Å². The first-order valence-electron chi connectivity index (χ1n) is 5.06. The molecule has 1 rings (SSSR count). The molecule has 4 nitrogen and oxygen atoms in total. The van der Waals surface area contributed by atoms with Crippen LogP contribution in [0.25, 0.3) is 0 Å². The SMILES string of the molecule is CCCOc1ccccc1N.O=C(O)C(F)(F)F. The summed E-state index contributed by atoms with van der Waals surface area (Å²) < 4.78 is 37.1. The lowest BCUT2D eigenvalue weighted by molar-refractivity contribution is -0.192. The number of nitrogen functional groups attached to an aromatic ring is 1. The number of ether oxygens (including phenoxy) is 1. The Hall–Kier alpha value is -1.92. The highest BCUT2D eigenvalue weighted by Crippen LogP contribution is 2.19. The van der Waals surface area contributed by atoms with Crippen LogP contribution < -0.4 is 10.5 Å². The first-order chi connectivity index (χ1) is 8.29. The summed E-state index contributed by atoms with van der Waals surface area (Å²) in [5.74, 6) is -1.97. The topological polar surface area (TPSA) is 72.5 Å². The van der Waals surface area contributed by atoms with E-state index in [1.807, 2.05) is 24.3 Å². The molecule has 0 aliphatic heterocycles. The number of halogens is 3. The molecule has 0 aliphatic rings. The van der Waals surface area contributed by atoms with Crippen molar-refractivity contribution in [2.45, 2.75) is 19.5 Å². The van der Waals surface area contributed by atoms with Crippen LogP contribution in [0, 0.1) is 0 Å². The predicted octanol–water partition coefficient (Wildman–Crippen LogP) is 2.69. The van der Waals surface area contributed by atoms with E-state index >= 15 is 0 Å². The molecule has 0 spiro atoms. The number of carboxylic acids is 1. The molecule has 0 atom stereocenters. The third-order valence-corrected chi connectivity index (χ3v) is 1.62. The summed E-state index contributed by atoms with van der Waals surface area (Å²) in [6.45, 7) is 2.80. The first-order valence-corrected chi connectivity index (χ1v) is 5.06. The third-order valence-electron chi connectivity index (χ3n) is 1.62. The lowest BCUT2D eigenvalue weighted by atomic mass is 10.3. The number of aliphatic carboxylic acids is 1. The van der Waals surface area contributed by atoms with Crippen LogP contribution in [0.3, 0.4) is 0 Å². The van der Waals surface area contributed by atoms with E-state index in [-0.39, 0.29) is 0 Å². The Morgan fingerprint density at radius 3 is 2.28 bits per heavy atom. The maximum Gasteiger partial charge on any atom is 0.490 e. The molecule has 1 aromatic rings. The molecule has 0 fully saturated rings. The molecule has 1 aromatic carbocycles. The second-order valence-electron chi connectivity index (χ2n) is 3.19. The Labute approximate surface area is 102 Å². The molecule has 0 saturated heterocycles. The zero-order valence-corrected chi connectivity index (χ0v) is 9.70. The summed E-state index contributed by atoms with van der Waals surface area (Å²) in [4.78, 5) is 8.90. The molecule has 0 aromatic heterocycles. The number of anilines is 1. The highest BCUT2D eigenvalue weighted by molar-refractivity contribution is 5.73. The number of carboxylic acid groups (broad SMARTS) is 1. The van der Waals surface area contributed by atoms with E-state index in [9.17, 15) is 13.2 Å². The number of benzene rings is 1. The lowest BCUT2D eigenvalue weighted by Gasteiger charge is -2.05. The van der Waals surface area contributed by atoms with Crippen LogP contribution in [0.5, 0.6) is 5.75 Å². The summed E-state index contributed by atoms with van der Waals surface area (Å²) in [5, 5.41) is 7.12. The first kappa shape index (κ1) is 16.1. The fraction of sp³-hybridized carbons (Fsp3) is 0.364. The summed E-state index contributed by atoms with van der Waals surface area (Å²) in [6, 6.07) is 7.53. The van der Waals surface area contributed by atoms with Gasteiger partial charge in [-0.3, -0.25) is 0 Å². The molecule has 18 heavy (non-hydrogen) atoms. The van der Waals surface area contributed by atoms with Crippen molar-refractivity contribution < 1.29 is 27.8 Å². The van der Waals surface area contributed by atoms with E-state index in [4.69, 9.17) is 20.4 Å². The zero-order valence-electron chi connectivity index (χ0n) is 9.70. The zero-order chi connectivity index (χ0) is 14.2. The van der Waals surface area contributed by atoms with Crippen molar-refractivity contribution in [2.75, 3.05) is 12.3 Å². The van der Waals surface area contributed by atoms with Gasteiger partial charge in [-0.15, -0.1) is 0 Å². The largest absolute Gasteiger partial charge is 0.491 e. The van der Waals surface area contributed by atoms with E-state index in [1.165, 1.54) is 0 Å². The Balaban J connectivity index is 0.000000360. The van der Waals surface area contributed by atoms with Crippen LogP contribution in [0.15, 0.2) is 24.3 Å². The van der Waals surface area contributed by atoms with Crippen LogP contribution in [0.4, 0.5) is 18.9 Å². The molecule has 7 heteroatoms. The van der Waals surface area contributed by atoms with Crippen LogP contribution >= 0.6 is 0 Å². The van der Waals surface area contributed by atoms with Crippen molar-refractivity contribution in [1.29, 1.82) is 0 Å².